The highest BCUT2D eigenvalue weighted by Gasteiger charge is 2.49. The van der Waals surface area contributed by atoms with Gasteiger partial charge >= 0.3 is 6.03 Å². The summed E-state index contributed by atoms with van der Waals surface area (Å²) in [6.45, 7) is 2.02. The molecular weight excluding hydrogens is 316 g/mol. The van der Waals surface area contributed by atoms with Gasteiger partial charge in [-0.05, 0) is 35.6 Å². The standard InChI is InChI=1S/C20H22N2O3/c1-2-3-12-20(17(23)21-19(25)22-18(20)24)13-11-15-9-6-8-14-7-4-5-10-16(14)15/h4-10H,2-3,11-13H2,1H3,(H2,21,22,23,24,25). The van der Waals surface area contributed by atoms with Crippen molar-refractivity contribution in [2.75, 3.05) is 0 Å². The first-order valence-corrected chi connectivity index (χ1v) is 8.70. The topological polar surface area (TPSA) is 75.3 Å². The van der Waals surface area contributed by atoms with Crippen LogP contribution < -0.4 is 10.6 Å². The Labute approximate surface area is 146 Å². The summed E-state index contributed by atoms with van der Waals surface area (Å²) in [6.07, 6.45) is 3.06. The maximum atomic E-state index is 12.5. The molecule has 2 N–H and O–H groups in total. The SMILES string of the molecule is CCCCC1(CCc2cccc3ccccc23)C(=O)NC(=O)NC1=O. The maximum absolute atomic E-state index is 12.5. The van der Waals surface area contributed by atoms with E-state index in [1.807, 2.05) is 49.4 Å². The Morgan fingerprint density at radius 1 is 0.880 bits per heavy atom. The van der Waals surface area contributed by atoms with Crippen LogP contribution in [0.4, 0.5) is 4.79 Å². The number of imide groups is 2. The highest BCUT2D eigenvalue weighted by atomic mass is 16.2. The minimum atomic E-state index is -1.18. The molecule has 1 aliphatic heterocycles. The molecule has 5 heteroatoms. The smallest absolute Gasteiger partial charge is 0.277 e. The van der Waals surface area contributed by atoms with Crippen LogP contribution in [0.5, 0.6) is 0 Å². The van der Waals surface area contributed by atoms with Gasteiger partial charge in [0.15, 0.2) is 0 Å². The summed E-state index contributed by atoms with van der Waals surface area (Å²) in [6, 6.07) is 13.4. The minimum absolute atomic E-state index is 0.381. The van der Waals surface area contributed by atoms with Gasteiger partial charge in [-0.15, -0.1) is 0 Å². The predicted molar refractivity (Wildman–Crippen MR) is 95.9 cm³/mol. The van der Waals surface area contributed by atoms with Crippen LogP contribution in [0.2, 0.25) is 0 Å². The summed E-state index contributed by atoms with van der Waals surface area (Å²) >= 11 is 0. The average Bonchev–Trinajstić information content (AvgIpc) is 2.61. The van der Waals surface area contributed by atoms with Crippen molar-refractivity contribution in [2.45, 2.75) is 39.0 Å². The number of barbiturate groups is 1. The van der Waals surface area contributed by atoms with Gasteiger partial charge in [0.2, 0.25) is 11.8 Å². The third kappa shape index (κ3) is 3.27. The second-order valence-corrected chi connectivity index (χ2v) is 6.56. The van der Waals surface area contributed by atoms with Crippen molar-refractivity contribution in [2.24, 2.45) is 5.41 Å². The summed E-state index contributed by atoms with van der Waals surface area (Å²) in [5.74, 6) is -0.954. The molecule has 0 aliphatic carbocycles. The number of rotatable bonds is 6. The Kier molecular flexibility index (Phi) is 4.83. The molecule has 5 nitrogen and oxygen atoms in total. The molecule has 0 aromatic heterocycles. The first-order chi connectivity index (χ1) is 12.1. The zero-order chi connectivity index (χ0) is 17.9. The lowest BCUT2D eigenvalue weighted by Gasteiger charge is -2.34. The van der Waals surface area contributed by atoms with Crippen LogP contribution in [-0.2, 0) is 16.0 Å². The fourth-order valence-corrected chi connectivity index (χ4v) is 3.50. The molecule has 0 bridgehead atoms. The van der Waals surface area contributed by atoms with Crippen molar-refractivity contribution in [1.82, 2.24) is 10.6 Å². The van der Waals surface area contributed by atoms with Crippen molar-refractivity contribution in [3.05, 3.63) is 48.0 Å². The second-order valence-electron chi connectivity index (χ2n) is 6.56. The molecule has 1 heterocycles. The van der Waals surface area contributed by atoms with Crippen molar-refractivity contribution in [3.8, 4) is 0 Å². The van der Waals surface area contributed by atoms with Crippen molar-refractivity contribution < 1.29 is 14.4 Å². The average molecular weight is 338 g/mol. The first kappa shape index (κ1) is 17.1. The van der Waals surface area contributed by atoms with Gasteiger partial charge in [-0.2, -0.15) is 0 Å². The monoisotopic (exact) mass is 338 g/mol. The van der Waals surface area contributed by atoms with Crippen LogP contribution >= 0.6 is 0 Å². The van der Waals surface area contributed by atoms with Crippen LogP contribution in [-0.4, -0.2) is 17.8 Å². The molecule has 1 saturated heterocycles. The quantitative estimate of drug-likeness (QED) is 0.794. The van der Waals surface area contributed by atoms with Crippen molar-refractivity contribution >= 4 is 28.6 Å². The van der Waals surface area contributed by atoms with E-state index in [-0.39, 0.29) is 0 Å². The molecule has 130 valence electrons. The Balaban J connectivity index is 1.89. The van der Waals surface area contributed by atoms with Gasteiger partial charge in [0, 0.05) is 0 Å². The molecule has 0 atom stereocenters. The van der Waals surface area contributed by atoms with Gasteiger partial charge in [-0.3, -0.25) is 20.2 Å². The number of benzene rings is 2. The molecule has 2 aromatic rings. The number of nitrogens with one attached hydrogen (secondary N) is 2. The van der Waals surface area contributed by atoms with E-state index in [0.29, 0.717) is 19.3 Å². The highest BCUT2D eigenvalue weighted by Crippen LogP contribution is 2.34. The lowest BCUT2D eigenvalue weighted by atomic mass is 9.75. The number of aryl methyl sites for hydroxylation is 1. The molecule has 25 heavy (non-hydrogen) atoms. The van der Waals surface area contributed by atoms with Gasteiger partial charge in [-0.25, -0.2) is 4.79 Å². The highest BCUT2D eigenvalue weighted by molar-refractivity contribution is 6.19. The molecule has 1 fully saturated rings. The molecule has 4 amide bonds. The number of hydrogen-bond donors (Lipinski definition) is 2. The minimum Gasteiger partial charge on any atom is -0.277 e. The van der Waals surface area contributed by atoms with Gasteiger partial charge in [0.25, 0.3) is 0 Å². The number of unbranched alkanes of at least 4 members (excludes halogenated alkanes) is 1. The summed E-state index contributed by atoms with van der Waals surface area (Å²) in [5, 5.41) is 6.81. The Hall–Kier alpha value is -2.69. The maximum Gasteiger partial charge on any atom is 0.328 e. The van der Waals surface area contributed by atoms with Crippen LogP contribution in [0, 0.1) is 5.41 Å². The number of fused-ring (bicyclic) bond motifs is 1. The van der Waals surface area contributed by atoms with Crippen molar-refractivity contribution in [1.29, 1.82) is 0 Å². The molecule has 2 aromatic carbocycles. The van der Waals surface area contributed by atoms with E-state index in [1.54, 1.807) is 0 Å². The normalized spacial score (nSPS) is 16.6. The number of carbonyl (C=O) groups is 3. The van der Waals surface area contributed by atoms with E-state index in [2.05, 4.69) is 10.6 Å². The van der Waals surface area contributed by atoms with Gasteiger partial charge < -0.3 is 0 Å². The molecule has 1 aliphatic rings. The lowest BCUT2D eigenvalue weighted by Crippen LogP contribution is -2.62. The zero-order valence-electron chi connectivity index (χ0n) is 14.3. The summed E-state index contributed by atoms with van der Waals surface area (Å²) in [5.41, 5.74) is -0.0765. The third-order valence-corrected chi connectivity index (χ3v) is 4.98. The summed E-state index contributed by atoms with van der Waals surface area (Å²) < 4.78 is 0. The van der Waals surface area contributed by atoms with E-state index >= 15 is 0 Å². The fraction of sp³-hybridized carbons (Fsp3) is 0.350. The van der Waals surface area contributed by atoms with Crippen LogP contribution in [0.1, 0.15) is 38.2 Å². The van der Waals surface area contributed by atoms with Crippen LogP contribution in [0.15, 0.2) is 42.5 Å². The zero-order valence-corrected chi connectivity index (χ0v) is 14.3. The van der Waals surface area contributed by atoms with E-state index in [1.165, 1.54) is 0 Å². The third-order valence-electron chi connectivity index (χ3n) is 4.98. The summed E-state index contributed by atoms with van der Waals surface area (Å²) in [7, 11) is 0. The van der Waals surface area contributed by atoms with Gasteiger partial charge in [0.1, 0.15) is 5.41 Å². The van der Waals surface area contributed by atoms with E-state index in [9.17, 15) is 14.4 Å². The number of carbonyl (C=O) groups excluding carboxylic acids is 3. The van der Waals surface area contributed by atoms with E-state index in [4.69, 9.17) is 0 Å². The fourth-order valence-electron chi connectivity index (χ4n) is 3.50. The number of hydrogen-bond acceptors (Lipinski definition) is 3. The number of urea groups is 1. The number of amides is 4. The van der Waals surface area contributed by atoms with Gasteiger partial charge in [-0.1, -0.05) is 62.2 Å². The predicted octanol–water partition coefficient (Wildman–Crippen LogP) is 3.32. The van der Waals surface area contributed by atoms with Crippen molar-refractivity contribution in [3.63, 3.8) is 0 Å². The Morgan fingerprint density at radius 3 is 2.28 bits per heavy atom. The van der Waals surface area contributed by atoms with Gasteiger partial charge in [0.05, 0.1) is 0 Å². The van der Waals surface area contributed by atoms with E-state index in [0.717, 1.165) is 29.2 Å². The molecule has 0 unspecified atom stereocenters. The molecule has 0 radical (unpaired) electrons. The van der Waals surface area contributed by atoms with E-state index < -0.39 is 23.3 Å². The van der Waals surface area contributed by atoms with Crippen LogP contribution in [0.25, 0.3) is 10.8 Å². The molecular formula is C20H22N2O3. The molecule has 0 saturated carbocycles. The lowest BCUT2D eigenvalue weighted by molar-refractivity contribution is -0.145. The molecule has 3 rings (SSSR count). The Morgan fingerprint density at radius 2 is 1.56 bits per heavy atom. The largest absolute Gasteiger partial charge is 0.328 e. The molecule has 0 spiro atoms. The Bertz CT molecular complexity index is 803. The first-order valence-electron chi connectivity index (χ1n) is 8.70. The summed E-state index contributed by atoms with van der Waals surface area (Å²) in [4.78, 5) is 36.5. The second kappa shape index (κ2) is 7.05. The van der Waals surface area contributed by atoms with Crippen LogP contribution in [0.3, 0.4) is 0 Å².